The minimum atomic E-state index is -0.641. The molecule has 0 bridgehead atoms. The number of benzene rings is 2. The Morgan fingerprint density at radius 3 is 2.53 bits per heavy atom. The van der Waals surface area contributed by atoms with Crippen molar-refractivity contribution in [1.29, 1.82) is 0 Å². The topological polar surface area (TPSA) is 85.6 Å². The Hall–Kier alpha value is -4.19. The van der Waals surface area contributed by atoms with E-state index in [1.807, 2.05) is 24.3 Å². The standard InChI is InChI=1S/C26H21NO5/c1-15-24(26(31)32-3)22(14-21-20-10-5-4-7-17(20)11-12-23(21)29)25(30)27(15)19-9-6-8-18(13-19)16(2)28/h4-14,30H,1-3H3. The molecule has 6 heteroatoms. The molecule has 1 aliphatic rings. The first-order chi connectivity index (χ1) is 15.3. The van der Waals surface area contributed by atoms with Gasteiger partial charge in [-0.2, -0.15) is 0 Å². The fraction of sp³-hybridized carbons (Fsp3) is 0.115. The van der Waals surface area contributed by atoms with Crippen LogP contribution < -0.4 is 0 Å². The summed E-state index contributed by atoms with van der Waals surface area (Å²) in [4.78, 5) is 37.2. The highest BCUT2D eigenvalue weighted by atomic mass is 16.5. The molecular weight excluding hydrogens is 406 g/mol. The number of carbonyl (C=O) groups excluding carboxylic acids is 3. The molecular formula is C26H21NO5. The van der Waals surface area contributed by atoms with Crippen LogP contribution in [-0.2, 0) is 9.53 Å². The molecule has 4 rings (SSSR count). The highest BCUT2D eigenvalue weighted by molar-refractivity contribution is 6.33. The molecule has 1 aliphatic carbocycles. The van der Waals surface area contributed by atoms with Gasteiger partial charge in [-0.15, -0.1) is 0 Å². The second-order valence-corrected chi connectivity index (χ2v) is 7.47. The largest absolute Gasteiger partial charge is 0.494 e. The molecule has 32 heavy (non-hydrogen) atoms. The van der Waals surface area contributed by atoms with Crippen molar-refractivity contribution in [2.75, 3.05) is 7.11 Å². The van der Waals surface area contributed by atoms with E-state index in [2.05, 4.69) is 0 Å². The number of allylic oxidation sites excluding steroid dienone is 2. The van der Waals surface area contributed by atoms with Gasteiger partial charge in [0.1, 0.15) is 0 Å². The van der Waals surface area contributed by atoms with E-state index in [1.54, 1.807) is 37.3 Å². The van der Waals surface area contributed by atoms with E-state index in [4.69, 9.17) is 4.74 Å². The number of fused-ring (bicyclic) bond motifs is 1. The van der Waals surface area contributed by atoms with Crippen LogP contribution >= 0.6 is 0 Å². The van der Waals surface area contributed by atoms with E-state index in [0.29, 0.717) is 28.1 Å². The lowest BCUT2D eigenvalue weighted by Crippen LogP contribution is -2.07. The third-order valence-electron chi connectivity index (χ3n) is 5.54. The number of ketones is 2. The molecule has 0 radical (unpaired) electrons. The zero-order valence-electron chi connectivity index (χ0n) is 17.9. The lowest BCUT2D eigenvalue weighted by Gasteiger charge is -2.13. The minimum Gasteiger partial charge on any atom is -0.494 e. The van der Waals surface area contributed by atoms with Gasteiger partial charge in [0.25, 0.3) is 0 Å². The van der Waals surface area contributed by atoms with Crippen molar-refractivity contribution >= 4 is 35.3 Å². The summed E-state index contributed by atoms with van der Waals surface area (Å²) in [5, 5.41) is 11.2. The third-order valence-corrected chi connectivity index (χ3v) is 5.54. The summed E-state index contributed by atoms with van der Waals surface area (Å²) >= 11 is 0. The summed E-state index contributed by atoms with van der Waals surface area (Å²) in [5.41, 5.74) is 3.66. The van der Waals surface area contributed by atoms with Crippen LogP contribution in [-0.4, -0.2) is 34.3 Å². The van der Waals surface area contributed by atoms with Gasteiger partial charge < -0.3 is 9.84 Å². The van der Waals surface area contributed by atoms with E-state index in [9.17, 15) is 19.5 Å². The van der Waals surface area contributed by atoms with Gasteiger partial charge in [-0.25, -0.2) is 4.79 Å². The summed E-state index contributed by atoms with van der Waals surface area (Å²) in [6.45, 7) is 3.13. The van der Waals surface area contributed by atoms with Crippen LogP contribution in [0, 0.1) is 6.92 Å². The maximum Gasteiger partial charge on any atom is 0.340 e. The van der Waals surface area contributed by atoms with E-state index in [1.165, 1.54) is 30.8 Å². The molecule has 1 N–H and O–H groups in total. The molecule has 0 atom stereocenters. The summed E-state index contributed by atoms with van der Waals surface area (Å²) in [7, 11) is 1.26. The summed E-state index contributed by atoms with van der Waals surface area (Å²) < 4.78 is 6.44. The molecule has 0 saturated carbocycles. The van der Waals surface area contributed by atoms with Crippen LogP contribution in [0.2, 0.25) is 0 Å². The van der Waals surface area contributed by atoms with Crippen LogP contribution in [0.15, 0.2) is 54.6 Å². The van der Waals surface area contributed by atoms with Crippen molar-refractivity contribution in [3.8, 4) is 11.6 Å². The maximum absolute atomic E-state index is 12.7. The highest BCUT2D eigenvalue weighted by Gasteiger charge is 2.27. The number of nitrogens with zero attached hydrogens (tertiary/aromatic N) is 1. The minimum absolute atomic E-state index is 0.122. The van der Waals surface area contributed by atoms with Crippen LogP contribution in [0.1, 0.15) is 50.0 Å². The van der Waals surface area contributed by atoms with Gasteiger partial charge >= 0.3 is 5.97 Å². The van der Waals surface area contributed by atoms with Gasteiger partial charge in [-0.3, -0.25) is 14.2 Å². The number of hydrogen-bond acceptors (Lipinski definition) is 5. The lowest BCUT2D eigenvalue weighted by molar-refractivity contribution is -0.109. The Morgan fingerprint density at radius 2 is 1.81 bits per heavy atom. The number of Topliss-reactive ketones (excluding diaryl/α,β-unsaturated/α-hetero) is 1. The van der Waals surface area contributed by atoms with Gasteiger partial charge in [0.15, 0.2) is 11.6 Å². The number of methoxy groups -OCH3 is 1. The van der Waals surface area contributed by atoms with Crippen LogP contribution in [0.5, 0.6) is 5.88 Å². The van der Waals surface area contributed by atoms with Gasteiger partial charge in [0.05, 0.1) is 18.2 Å². The first kappa shape index (κ1) is 21.1. The van der Waals surface area contributed by atoms with Gasteiger partial charge in [0.2, 0.25) is 5.88 Å². The fourth-order valence-corrected chi connectivity index (χ4v) is 3.94. The van der Waals surface area contributed by atoms with Crippen molar-refractivity contribution in [2.45, 2.75) is 13.8 Å². The van der Waals surface area contributed by atoms with Crippen molar-refractivity contribution in [3.63, 3.8) is 0 Å². The number of esters is 1. The molecule has 1 aromatic heterocycles. The number of ether oxygens (including phenoxy) is 1. The molecule has 0 fully saturated rings. The molecule has 0 spiro atoms. The molecule has 0 aliphatic heterocycles. The van der Waals surface area contributed by atoms with Crippen molar-refractivity contribution in [3.05, 3.63) is 88.1 Å². The fourth-order valence-electron chi connectivity index (χ4n) is 3.94. The first-order valence-corrected chi connectivity index (χ1v) is 10.0. The molecule has 2 aromatic carbocycles. The van der Waals surface area contributed by atoms with E-state index in [-0.39, 0.29) is 28.6 Å². The molecule has 3 aromatic rings. The Kier molecular flexibility index (Phi) is 5.36. The molecule has 1 heterocycles. The lowest BCUT2D eigenvalue weighted by atomic mass is 9.90. The number of aromatic nitrogens is 1. The van der Waals surface area contributed by atoms with E-state index < -0.39 is 5.97 Å². The predicted molar refractivity (Wildman–Crippen MR) is 122 cm³/mol. The Balaban J connectivity index is 1.99. The first-order valence-electron chi connectivity index (χ1n) is 10.0. The van der Waals surface area contributed by atoms with Crippen LogP contribution in [0.4, 0.5) is 0 Å². The quantitative estimate of drug-likeness (QED) is 0.373. The second kappa shape index (κ2) is 8.15. The zero-order chi connectivity index (χ0) is 23.0. The van der Waals surface area contributed by atoms with Crippen molar-refractivity contribution in [2.24, 2.45) is 0 Å². The summed E-state index contributed by atoms with van der Waals surface area (Å²) in [6, 6.07) is 14.1. The van der Waals surface area contributed by atoms with Gasteiger partial charge in [0, 0.05) is 22.5 Å². The van der Waals surface area contributed by atoms with Gasteiger partial charge in [-0.1, -0.05) is 42.5 Å². The maximum atomic E-state index is 12.7. The van der Waals surface area contributed by atoms with Crippen molar-refractivity contribution in [1.82, 2.24) is 4.57 Å². The molecule has 6 nitrogen and oxygen atoms in total. The molecule has 0 unspecified atom stereocenters. The monoisotopic (exact) mass is 427 g/mol. The number of hydrogen-bond donors (Lipinski definition) is 1. The third kappa shape index (κ3) is 3.46. The van der Waals surface area contributed by atoms with Gasteiger partial charge in [-0.05, 0) is 49.3 Å². The second-order valence-electron chi connectivity index (χ2n) is 7.47. The average Bonchev–Trinajstić information content (AvgIpc) is 3.04. The number of carbonyl (C=O) groups is 3. The molecule has 160 valence electrons. The summed E-state index contributed by atoms with van der Waals surface area (Å²) in [5.74, 6) is -1.22. The number of aromatic hydroxyl groups is 1. The summed E-state index contributed by atoms with van der Waals surface area (Å²) in [6.07, 6.45) is 4.72. The number of rotatable bonds is 4. The smallest absolute Gasteiger partial charge is 0.340 e. The zero-order valence-corrected chi connectivity index (χ0v) is 17.9. The predicted octanol–water partition coefficient (Wildman–Crippen LogP) is 4.62. The van der Waals surface area contributed by atoms with E-state index >= 15 is 0 Å². The molecule has 0 saturated heterocycles. The Morgan fingerprint density at radius 1 is 1.06 bits per heavy atom. The van der Waals surface area contributed by atoms with Crippen LogP contribution in [0.25, 0.3) is 23.4 Å². The average molecular weight is 427 g/mol. The Bertz CT molecular complexity index is 1340. The molecule has 0 amide bonds. The van der Waals surface area contributed by atoms with Crippen molar-refractivity contribution < 1.29 is 24.2 Å². The SMILES string of the molecule is COC(=O)c1c(C=C2C(=O)C=Cc3ccccc32)c(O)n(-c2cccc(C(C)=O)c2)c1C. The normalized spacial score (nSPS) is 13.8. The van der Waals surface area contributed by atoms with Crippen LogP contribution in [0.3, 0.4) is 0 Å². The highest BCUT2D eigenvalue weighted by Crippen LogP contribution is 2.37. The van der Waals surface area contributed by atoms with E-state index in [0.717, 1.165) is 5.56 Å². The Labute approximate surface area is 185 Å².